The Morgan fingerprint density at radius 3 is 2.89 bits per heavy atom. The summed E-state index contributed by atoms with van der Waals surface area (Å²) in [5.74, 6) is -0.136. The molecule has 0 N–H and O–H groups in total. The van der Waals surface area contributed by atoms with Gasteiger partial charge < -0.3 is 4.90 Å². The van der Waals surface area contributed by atoms with E-state index in [9.17, 15) is 9.59 Å². The van der Waals surface area contributed by atoms with E-state index in [2.05, 4.69) is 4.98 Å². The number of ketones is 1. The predicted molar refractivity (Wildman–Crippen MR) is 73.4 cm³/mol. The molecule has 2 aromatic rings. The molecule has 6 heteroatoms. The fourth-order valence-corrected chi connectivity index (χ4v) is 3.49. The summed E-state index contributed by atoms with van der Waals surface area (Å²) >= 11 is 3.21. The standard InChI is InChI=1S/C12H10N2O2S2/c1-17-12-13-9-3-2-7(4-10(9)18-12)14-6-8(15)5-11(14)16/h2-4H,5-6H2,1H3. The second-order valence-corrected chi connectivity index (χ2v) is 6.12. The molecular formula is C12H10N2O2S2. The average Bonchev–Trinajstić information content (AvgIpc) is 2.90. The number of thioether (sulfide) groups is 1. The molecule has 2 heterocycles. The number of thiazole rings is 1. The first-order chi connectivity index (χ1) is 8.67. The van der Waals surface area contributed by atoms with Crippen LogP contribution in [-0.2, 0) is 9.59 Å². The van der Waals surface area contributed by atoms with Crippen molar-refractivity contribution >= 4 is 50.7 Å². The minimum absolute atomic E-state index is 0.0193. The molecule has 0 aliphatic carbocycles. The van der Waals surface area contributed by atoms with Crippen LogP contribution in [0.1, 0.15) is 6.42 Å². The number of carbonyl (C=O) groups is 2. The van der Waals surface area contributed by atoms with E-state index in [1.807, 2.05) is 24.5 Å². The van der Waals surface area contributed by atoms with E-state index >= 15 is 0 Å². The van der Waals surface area contributed by atoms with Crippen molar-refractivity contribution in [1.29, 1.82) is 0 Å². The van der Waals surface area contributed by atoms with Crippen molar-refractivity contribution in [3.63, 3.8) is 0 Å². The number of fused-ring (bicyclic) bond motifs is 1. The third kappa shape index (κ3) is 1.91. The second kappa shape index (κ2) is 4.37. The topological polar surface area (TPSA) is 50.3 Å². The molecule has 1 saturated heterocycles. The molecule has 18 heavy (non-hydrogen) atoms. The normalized spacial score (nSPS) is 15.9. The van der Waals surface area contributed by atoms with Crippen LogP contribution in [0.25, 0.3) is 10.2 Å². The van der Waals surface area contributed by atoms with E-state index in [-0.39, 0.29) is 24.7 Å². The van der Waals surface area contributed by atoms with Crippen molar-refractivity contribution in [3.8, 4) is 0 Å². The predicted octanol–water partition coefficient (Wildman–Crippen LogP) is 2.32. The van der Waals surface area contributed by atoms with E-state index in [0.29, 0.717) is 0 Å². The van der Waals surface area contributed by atoms with Crippen LogP contribution >= 0.6 is 23.1 Å². The van der Waals surface area contributed by atoms with Crippen LogP contribution in [0.5, 0.6) is 0 Å². The van der Waals surface area contributed by atoms with Crippen molar-refractivity contribution in [3.05, 3.63) is 18.2 Å². The Labute approximate surface area is 112 Å². The monoisotopic (exact) mass is 278 g/mol. The zero-order valence-electron chi connectivity index (χ0n) is 9.67. The number of Topliss-reactive ketones (excluding diaryl/α,β-unsaturated/α-hetero) is 1. The molecule has 0 spiro atoms. The van der Waals surface area contributed by atoms with Crippen molar-refractivity contribution in [2.24, 2.45) is 0 Å². The van der Waals surface area contributed by atoms with Gasteiger partial charge in [-0.15, -0.1) is 11.3 Å². The summed E-state index contributed by atoms with van der Waals surface area (Å²) in [7, 11) is 0. The number of benzene rings is 1. The number of rotatable bonds is 2. The summed E-state index contributed by atoms with van der Waals surface area (Å²) < 4.78 is 2.05. The first kappa shape index (κ1) is 11.7. The number of amides is 1. The van der Waals surface area contributed by atoms with Gasteiger partial charge in [-0.1, -0.05) is 11.8 Å². The van der Waals surface area contributed by atoms with Crippen LogP contribution in [-0.4, -0.2) is 29.5 Å². The summed E-state index contributed by atoms with van der Waals surface area (Å²) in [6, 6.07) is 5.68. The Hall–Kier alpha value is -1.40. The van der Waals surface area contributed by atoms with Gasteiger partial charge in [-0.25, -0.2) is 4.98 Å². The molecule has 1 amide bonds. The van der Waals surface area contributed by atoms with Gasteiger partial charge in [-0.2, -0.15) is 0 Å². The summed E-state index contributed by atoms with van der Waals surface area (Å²) in [5, 5.41) is 0. The molecule has 0 radical (unpaired) electrons. The molecule has 1 aromatic heterocycles. The molecule has 1 aliphatic heterocycles. The lowest BCUT2D eigenvalue weighted by atomic mass is 10.3. The lowest BCUT2D eigenvalue weighted by Gasteiger charge is -2.14. The third-order valence-electron chi connectivity index (χ3n) is 2.82. The van der Waals surface area contributed by atoms with E-state index < -0.39 is 0 Å². The van der Waals surface area contributed by atoms with Gasteiger partial charge >= 0.3 is 0 Å². The molecule has 0 atom stereocenters. The molecule has 3 rings (SSSR count). The van der Waals surface area contributed by atoms with Gasteiger partial charge in [0.1, 0.15) is 0 Å². The van der Waals surface area contributed by atoms with E-state index in [1.165, 1.54) is 0 Å². The largest absolute Gasteiger partial charge is 0.305 e. The molecule has 1 aromatic carbocycles. The first-order valence-corrected chi connectivity index (χ1v) is 7.48. The van der Waals surface area contributed by atoms with Gasteiger partial charge in [0.25, 0.3) is 0 Å². The quantitative estimate of drug-likeness (QED) is 0.625. The Morgan fingerprint density at radius 1 is 1.39 bits per heavy atom. The minimum atomic E-state index is -0.117. The molecule has 4 nitrogen and oxygen atoms in total. The maximum Gasteiger partial charge on any atom is 0.234 e. The fraction of sp³-hybridized carbons (Fsp3) is 0.250. The molecule has 0 unspecified atom stereocenters. The molecule has 1 fully saturated rings. The summed E-state index contributed by atoms with van der Waals surface area (Å²) in [6.07, 6.45) is 2.01. The Bertz CT molecular complexity index is 651. The van der Waals surface area contributed by atoms with Crippen LogP contribution < -0.4 is 4.90 Å². The summed E-state index contributed by atoms with van der Waals surface area (Å²) in [4.78, 5) is 28.9. The minimum Gasteiger partial charge on any atom is -0.305 e. The zero-order valence-corrected chi connectivity index (χ0v) is 11.3. The maximum absolute atomic E-state index is 11.7. The van der Waals surface area contributed by atoms with Crippen molar-refractivity contribution in [2.45, 2.75) is 10.8 Å². The molecule has 1 aliphatic rings. The SMILES string of the molecule is CSc1nc2ccc(N3CC(=O)CC3=O)cc2s1. The van der Waals surface area contributed by atoms with E-state index in [1.54, 1.807) is 28.0 Å². The lowest BCUT2D eigenvalue weighted by molar-refractivity contribution is -0.121. The highest BCUT2D eigenvalue weighted by Crippen LogP contribution is 2.31. The van der Waals surface area contributed by atoms with Crippen LogP contribution in [0.2, 0.25) is 0 Å². The first-order valence-electron chi connectivity index (χ1n) is 5.44. The van der Waals surface area contributed by atoms with E-state index in [0.717, 1.165) is 20.2 Å². The molecule has 92 valence electrons. The highest BCUT2D eigenvalue weighted by molar-refractivity contribution is 8.00. The number of hydrogen-bond donors (Lipinski definition) is 0. The van der Waals surface area contributed by atoms with Gasteiger partial charge in [0.2, 0.25) is 5.91 Å². The molecule has 0 bridgehead atoms. The lowest BCUT2D eigenvalue weighted by Crippen LogP contribution is -2.24. The van der Waals surface area contributed by atoms with Crippen LogP contribution in [0.4, 0.5) is 5.69 Å². The molecule has 0 saturated carbocycles. The number of anilines is 1. The number of hydrogen-bond acceptors (Lipinski definition) is 5. The van der Waals surface area contributed by atoms with Crippen LogP contribution in [0.3, 0.4) is 0 Å². The Kier molecular flexibility index (Phi) is 2.83. The van der Waals surface area contributed by atoms with Gasteiger partial charge in [0.15, 0.2) is 10.1 Å². The Balaban J connectivity index is 2.02. The van der Waals surface area contributed by atoms with Crippen molar-refractivity contribution in [1.82, 2.24) is 4.98 Å². The third-order valence-corrected chi connectivity index (χ3v) is 4.83. The van der Waals surface area contributed by atoms with Gasteiger partial charge in [0.05, 0.1) is 23.2 Å². The average molecular weight is 278 g/mol. The van der Waals surface area contributed by atoms with Gasteiger partial charge in [0, 0.05) is 5.69 Å². The van der Waals surface area contributed by atoms with Crippen LogP contribution in [0.15, 0.2) is 22.5 Å². The highest BCUT2D eigenvalue weighted by Gasteiger charge is 2.28. The smallest absolute Gasteiger partial charge is 0.234 e. The van der Waals surface area contributed by atoms with Gasteiger partial charge in [-0.05, 0) is 24.5 Å². The zero-order chi connectivity index (χ0) is 12.7. The molecular weight excluding hydrogens is 268 g/mol. The van der Waals surface area contributed by atoms with E-state index in [4.69, 9.17) is 0 Å². The number of aromatic nitrogens is 1. The summed E-state index contributed by atoms with van der Waals surface area (Å²) in [5.41, 5.74) is 1.72. The Morgan fingerprint density at radius 2 is 2.22 bits per heavy atom. The number of nitrogens with zero attached hydrogens (tertiary/aromatic N) is 2. The van der Waals surface area contributed by atoms with Crippen molar-refractivity contribution in [2.75, 3.05) is 17.7 Å². The van der Waals surface area contributed by atoms with Gasteiger partial charge in [-0.3, -0.25) is 9.59 Å². The van der Waals surface area contributed by atoms with Crippen molar-refractivity contribution < 1.29 is 9.59 Å². The summed E-state index contributed by atoms with van der Waals surface area (Å²) in [6.45, 7) is 0.193. The highest BCUT2D eigenvalue weighted by atomic mass is 32.2. The maximum atomic E-state index is 11.7. The second-order valence-electron chi connectivity index (χ2n) is 4.03. The fourth-order valence-electron chi connectivity index (χ4n) is 1.97. The number of carbonyl (C=O) groups excluding carboxylic acids is 2. The van der Waals surface area contributed by atoms with Crippen LogP contribution in [0, 0.1) is 0 Å².